The van der Waals surface area contributed by atoms with Crippen molar-refractivity contribution in [3.63, 3.8) is 0 Å². The molecule has 8 nitrogen and oxygen atoms in total. The normalized spacial score (nSPS) is 21.8. The minimum absolute atomic E-state index is 0.348. The number of hydrogen-bond acceptors (Lipinski definition) is 6. The second kappa shape index (κ2) is 14.1. The van der Waals surface area contributed by atoms with Gasteiger partial charge in [-0.15, -0.1) is 0 Å². The first-order chi connectivity index (χ1) is 20.2. The molecule has 1 aliphatic rings. The lowest BCUT2D eigenvalue weighted by Gasteiger charge is -2.44. The molecule has 0 heterocycles. The Morgan fingerprint density at radius 3 is 2.10 bits per heavy atom. The summed E-state index contributed by atoms with van der Waals surface area (Å²) in [6.45, 7) is 4.15. The Bertz CT molecular complexity index is 1360. The molecule has 8 heteroatoms. The van der Waals surface area contributed by atoms with Gasteiger partial charge in [-0.05, 0) is 55.3 Å². The minimum Gasteiger partial charge on any atom is -0.493 e. The first kappa shape index (κ1) is 30.8. The highest BCUT2D eigenvalue weighted by atomic mass is 16.5. The molecule has 0 bridgehead atoms. The number of ether oxygens (including phenoxy) is 2. The fourth-order valence-electron chi connectivity index (χ4n) is 5.70. The second-order valence-corrected chi connectivity index (χ2v) is 11.0. The smallest absolute Gasteiger partial charge is 0.235 e. The van der Waals surface area contributed by atoms with Crippen LogP contribution < -0.4 is 20.1 Å². The Kier molecular flexibility index (Phi) is 10.4. The van der Waals surface area contributed by atoms with Gasteiger partial charge in [0.2, 0.25) is 11.8 Å². The number of ketones is 1. The third kappa shape index (κ3) is 7.36. The maximum Gasteiger partial charge on any atom is 0.235 e. The van der Waals surface area contributed by atoms with Crippen molar-refractivity contribution in [1.29, 1.82) is 0 Å². The monoisotopic (exact) mass is 572 g/mol. The lowest BCUT2D eigenvalue weighted by Crippen LogP contribution is -2.56. The second-order valence-electron chi connectivity index (χ2n) is 11.0. The van der Waals surface area contributed by atoms with Crippen LogP contribution in [0.5, 0.6) is 11.5 Å². The van der Waals surface area contributed by atoms with Gasteiger partial charge >= 0.3 is 0 Å². The van der Waals surface area contributed by atoms with Crippen LogP contribution in [0.25, 0.3) is 0 Å². The molecule has 4 unspecified atom stereocenters. The van der Waals surface area contributed by atoms with E-state index in [1.165, 1.54) is 14.0 Å². The van der Waals surface area contributed by atoms with E-state index in [0.717, 1.165) is 25.7 Å². The van der Waals surface area contributed by atoms with Crippen LogP contribution in [0.4, 0.5) is 11.4 Å². The summed E-state index contributed by atoms with van der Waals surface area (Å²) in [5, 5.41) is 17.3. The number of unbranched alkanes of at least 4 members (excludes halogenated alkanes) is 3. The zero-order valence-electron chi connectivity index (χ0n) is 24.5. The van der Waals surface area contributed by atoms with Gasteiger partial charge in [-0.2, -0.15) is 0 Å². The summed E-state index contributed by atoms with van der Waals surface area (Å²) in [6.07, 6.45) is 3.88. The maximum atomic E-state index is 13.9. The summed E-state index contributed by atoms with van der Waals surface area (Å²) in [5.74, 6) is -3.88. The lowest BCUT2D eigenvalue weighted by molar-refractivity contribution is -0.150. The maximum absolute atomic E-state index is 13.9. The van der Waals surface area contributed by atoms with Gasteiger partial charge in [0.05, 0.1) is 25.2 Å². The summed E-state index contributed by atoms with van der Waals surface area (Å²) in [7, 11) is 1.52. The van der Waals surface area contributed by atoms with E-state index in [9.17, 15) is 19.5 Å². The number of nitrogens with one attached hydrogen (secondary N) is 2. The number of aliphatic hydroxyl groups is 1. The number of carbonyl (C=O) groups is 3. The quantitative estimate of drug-likeness (QED) is 0.182. The fraction of sp³-hybridized carbons (Fsp3) is 0.382. The molecule has 3 N–H and O–H groups in total. The van der Waals surface area contributed by atoms with Crippen LogP contribution >= 0.6 is 0 Å². The summed E-state index contributed by atoms with van der Waals surface area (Å²) >= 11 is 0. The van der Waals surface area contributed by atoms with Crippen molar-refractivity contribution in [1.82, 2.24) is 0 Å². The Morgan fingerprint density at radius 2 is 1.50 bits per heavy atom. The predicted octanol–water partition coefficient (Wildman–Crippen LogP) is 5.97. The number of carbonyl (C=O) groups excluding carboxylic acids is 3. The van der Waals surface area contributed by atoms with Crippen molar-refractivity contribution < 1.29 is 29.0 Å². The molecule has 42 heavy (non-hydrogen) atoms. The molecule has 0 saturated heterocycles. The van der Waals surface area contributed by atoms with E-state index in [0.29, 0.717) is 35.0 Å². The number of methoxy groups -OCH3 is 1. The Morgan fingerprint density at radius 1 is 0.881 bits per heavy atom. The molecule has 222 valence electrons. The van der Waals surface area contributed by atoms with E-state index in [2.05, 4.69) is 17.6 Å². The van der Waals surface area contributed by atoms with Crippen LogP contribution in [0.15, 0.2) is 78.9 Å². The zero-order chi connectivity index (χ0) is 30.1. The van der Waals surface area contributed by atoms with E-state index in [-0.39, 0.29) is 6.42 Å². The van der Waals surface area contributed by atoms with E-state index in [1.54, 1.807) is 66.7 Å². The number of amides is 2. The first-order valence-electron chi connectivity index (χ1n) is 14.5. The number of para-hydroxylation sites is 2. The SMILES string of the molecule is CCCCCCOc1ccc(C2C(C(=O)Nc3ccccc3)C(=O)CC(C)(O)C2C(=O)Nc2ccccc2)cc1OC. The fourth-order valence-corrected chi connectivity index (χ4v) is 5.70. The van der Waals surface area contributed by atoms with Crippen LogP contribution in [0.3, 0.4) is 0 Å². The molecule has 0 radical (unpaired) electrons. The van der Waals surface area contributed by atoms with Gasteiger partial charge in [0.25, 0.3) is 0 Å². The highest BCUT2D eigenvalue weighted by Gasteiger charge is 2.56. The average molecular weight is 573 g/mol. The van der Waals surface area contributed by atoms with Gasteiger partial charge in [-0.3, -0.25) is 14.4 Å². The van der Waals surface area contributed by atoms with Crippen molar-refractivity contribution >= 4 is 29.0 Å². The van der Waals surface area contributed by atoms with Gasteiger partial charge in [-0.1, -0.05) is 68.7 Å². The molecular formula is C34H40N2O6. The van der Waals surface area contributed by atoms with Gasteiger partial charge in [0, 0.05) is 23.7 Å². The van der Waals surface area contributed by atoms with Crippen molar-refractivity contribution in [2.24, 2.45) is 11.8 Å². The number of rotatable bonds is 12. The third-order valence-corrected chi connectivity index (χ3v) is 7.74. The number of hydrogen-bond donors (Lipinski definition) is 3. The average Bonchev–Trinajstić information content (AvgIpc) is 2.97. The van der Waals surface area contributed by atoms with E-state index in [1.807, 2.05) is 12.1 Å². The molecule has 0 aliphatic heterocycles. The predicted molar refractivity (Wildman–Crippen MR) is 163 cm³/mol. The highest BCUT2D eigenvalue weighted by Crippen LogP contribution is 2.48. The summed E-state index contributed by atoms with van der Waals surface area (Å²) in [6, 6.07) is 22.9. The standard InChI is InChI=1S/C34H40N2O6/c1-4-5-6-13-20-42-27-19-18-23(21-28(27)41-3)29-30(32(38)35-24-14-9-7-10-15-24)26(37)22-34(2,40)31(29)33(39)36-25-16-11-8-12-17-25/h7-12,14-19,21,29-31,40H,4-6,13,20,22H2,1-3H3,(H,35,38)(H,36,39). The van der Waals surface area contributed by atoms with Crippen LogP contribution in [0.1, 0.15) is 57.4 Å². The topological polar surface area (TPSA) is 114 Å². The number of anilines is 2. The van der Waals surface area contributed by atoms with E-state index >= 15 is 0 Å². The summed E-state index contributed by atoms with van der Waals surface area (Å²) < 4.78 is 11.6. The molecule has 3 aromatic carbocycles. The van der Waals surface area contributed by atoms with E-state index in [4.69, 9.17) is 9.47 Å². The summed E-state index contributed by atoms with van der Waals surface area (Å²) in [5.41, 5.74) is -0.129. The van der Waals surface area contributed by atoms with Gasteiger partial charge in [0.1, 0.15) is 11.7 Å². The van der Waals surface area contributed by atoms with Crippen molar-refractivity contribution in [2.45, 2.75) is 57.5 Å². The lowest BCUT2D eigenvalue weighted by atomic mass is 9.61. The molecule has 2 amide bonds. The molecule has 3 aromatic rings. The molecule has 1 saturated carbocycles. The highest BCUT2D eigenvalue weighted by molar-refractivity contribution is 6.10. The van der Waals surface area contributed by atoms with Crippen LogP contribution in [0, 0.1) is 11.8 Å². The van der Waals surface area contributed by atoms with Crippen LogP contribution in [0.2, 0.25) is 0 Å². The third-order valence-electron chi connectivity index (χ3n) is 7.74. The zero-order valence-corrected chi connectivity index (χ0v) is 24.5. The van der Waals surface area contributed by atoms with Crippen molar-refractivity contribution in [3.05, 3.63) is 84.4 Å². The molecular weight excluding hydrogens is 532 g/mol. The molecule has 1 fully saturated rings. The Hall–Kier alpha value is -4.17. The minimum atomic E-state index is -1.72. The molecule has 1 aliphatic carbocycles. The molecule has 4 rings (SSSR count). The first-order valence-corrected chi connectivity index (χ1v) is 14.5. The largest absolute Gasteiger partial charge is 0.493 e. The van der Waals surface area contributed by atoms with Crippen LogP contribution in [-0.2, 0) is 14.4 Å². The Balaban J connectivity index is 1.73. The van der Waals surface area contributed by atoms with E-state index < -0.39 is 41.0 Å². The number of benzene rings is 3. The van der Waals surface area contributed by atoms with Crippen molar-refractivity contribution in [3.8, 4) is 11.5 Å². The van der Waals surface area contributed by atoms with Gasteiger partial charge in [0.15, 0.2) is 11.5 Å². The molecule has 0 spiro atoms. The molecule has 4 atom stereocenters. The summed E-state index contributed by atoms with van der Waals surface area (Å²) in [4.78, 5) is 41.2. The molecule has 0 aromatic heterocycles. The van der Waals surface area contributed by atoms with Crippen LogP contribution in [-0.4, -0.2) is 42.0 Å². The van der Waals surface area contributed by atoms with Gasteiger partial charge in [-0.25, -0.2) is 0 Å². The Labute approximate surface area is 247 Å². The number of Topliss-reactive ketones (excluding diaryl/α,β-unsaturated/α-hetero) is 1. The van der Waals surface area contributed by atoms with Gasteiger partial charge < -0.3 is 25.2 Å². The van der Waals surface area contributed by atoms with Crippen molar-refractivity contribution in [2.75, 3.05) is 24.4 Å².